The van der Waals surface area contributed by atoms with Gasteiger partial charge in [0.1, 0.15) is 11.6 Å². The van der Waals surface area contributed by atoms with E-state index in [0.29, 0.717) is 25.8 Å². The van der Waals surface area contributed by atoms with Gasteiger partial charge in [0, 0.05) is 17.3 Å². The standard InChI is InChI=1S/C21H31N3O3S/c1-3-21(2,20(27)22-15-8-5-4-6-9-15)24(14-16-10-7-13-28-16)19(26)17-11-12-18(25)23-17/h7,10,13,15,17H,3-6,8-9,11-12,14H2,1-2H3,(H,22,27)(H,23,25)/t17-,21-/m1/s1. The summed E-state index contributed by atoms with van der Waals surface area (Å²) in [6, 6.07) is 3.58. The molecule has 0 aromatic carbocycles. The van der Waals surface area contributed by atoms with Crippen molar-refractivity contribution in [1.29, 1.82) is 0 Å². The van der Waals surface area contributed by atoms with Crippen molar-refractivity contribution in [3.63, 3.8) is 0 Å². The summed E-state index contributed by atoms with van der Waals surface area (Å²) in [4.78, 5) is 41.1. The molecule has 0 spiro atoms. The van der Waals surface area contributed by atoms with Gasteiger partial charge in [-0.25, -0.2) is 0 Å². The van der Waals surface area contributed by atoms with Crippen LogP contribution < -0.4 is 10.6 Å². The van der Waals surface area contributed by atoms with Crippen molar-refractivity contribution in [2.45, 2.75) is 89.4 Å². The van der Waals surface area contributed by atoms with Gasteiger partial charge in [-0.15, -0.1) is 11.3 Å². The fourth-order valence-electron chi connectivity index (χ4n) is 4.10. The minimum Gasteiger partial charge on any atom is -0.351 e. The Morgan fingerprint density at radius 2 is 2.04 bits per heavy atom. The average Bonchev–Trinajstić information content (AvgIpc) is 3.37. The molecule has 1 aromatic rings. The lowest BCUT2D eigenvalue weighted by molar-refractivity contribution is -0.150. The van der Waals surface area contributed by atoms with E-state index >= 15 is 0 Å². The largest absolute Gasteiger partial charge is 0.351 e. The van der Waals surface area contributed by atoms with Gasteiger partial charge in [0.2, 0.25) is 17.7 Å². The van der Waals surface area contributed by atoms with Gasteiger partial charge < -0.3 is 15.5 Å². The molecule has 2 heterocycles. The Morgan fingerprint density at radius 3 is 2.61 bits per heavy atom. The number of hydrogen-bond acceptors (Lipinski definition) is 4. The summed E-state index contributed by atoms with van der Waals surface area (Å²) in [5.41, 5.74) is -0.953. The Labute approximate surface area is 171 Å². The van der Waals surface area contributed by atoms with Gasteiger partial charge in [0.15, 0.2) is 0 Å². The van der Waals surface area contributed by atoms with E-state index in [9.17, 15) is 14.4 Å². The fourth-order valence-corrected chi connectivity index (χ4v) is 4.80. The van der Waals surface area contributed by atoms with Crippen LogP contribution in [-0.4, -0.2) is 40.2 Å². The monoisotopic (exact) mass is 405 g/mol. The van der Waals surface area contributed by atoms with E-state index < -0.39 is 11.6 Å². The van der Waals surface area contributed by atoms with Gasteiger partial charge in [-0.2, -0.15) is 0 Å². The van der Waals surface area contributed by atoms with E-state index in [-0.39, 0.29) is 23.8 Å². The van der Waals surface area contributed by atoms with E-state index in [2.05, 4.69) is 10.6 Å². The van der Waals surface area contributed by atoms with Crippen molar-refractivity contribution in [3.05, 3.63) is 22.4 Å². The summed E-state index contributed by atoms with van der Waals surface area (Å²) < 4.78 is 0. The quantitative estimate of drug-likeness (QED) is 0.732. The first kappa shape index (κ1) is 20.8. The Morgan fingerprint density at radius 1 is 1.29 bits per heavy atom. The third-order valence-electron chi connectivity index (χ3n) is 6.17. The number of carbonyl (C=O) groups excluding carboxylic acids is 3. The molecule has 6 nitrogen and oxygen atoms in total. The molecule has 154 valence electrons. The maximum atomic E-state index is 13.4. The van der Waals surface area contributed by atoms with E-state index in [0.717, 1.165) is 30.6 Å². The Bertz CT molecular complexity index is 700. The van der Waals surface area contributed by atoms with Crippen molar-refractivity contribution in [2.75, 3.05) is 0 Å². The molecule has 0 bridgehead atoms. The predicted octanol–water partition coefficient (Wildman–Crippen LogP) is 2.97. The van der Waals surface area contributed by atoms with Crippen molar-refractivity contribution < 1.29 is 14.4 Å². The number of rotatable bonds is 7. The first-order valence-corrected chi connectivity index (χ1v) is 11.3. The average molecular weight is 406 g/mol. The van der Waals surface area contributed by atoms with Crippen LogP contribution in [0.1, 0.15) is 70.1 Å². The van der Waals surface area contributed by atoms with Crippen molar-refractivity contribution in [3.8, 4) is 0 Å². The Balaban J connectivity index is 1.82. The van der Waals surface area contributed by atoms with E-state index in [1.54, 1.807) is 16.2 Å². The van der Waals surface area contributed by atoms with Crippen LogP contribution in [0.3, 0.4) is 0 Å². The first-order chi connectivity index (χ1) is 13.4. The SMILES string of the molecule is CC[C@](C)(C(=O)NC1CCCCC1)N(Cc1cccs1)C(=O)[C@H]1CCC(=O)N1. The zero-order valence-corrected chi connectivity index (χ0v) is 17.6. The second-order valence-corrected chi connectivity index (χ2v) is 9.13. The lowest BCUT2D eigenvalue weighted by atomic mass is 9.90. The zero-order chi connectivity index (χ0) is 20.1. The summed E-state index contributed by atoms with van der Waals surface area (Å²) in [5.74, 6) is -0.349. The molecular formula is C21H31N3O3S. The summed E-state index contributed by atoms with van der Waals surface area (Å²) in [6.07, 6.45) is 6.87. The topological polar surface area (TPSA) is 78.5 Å². The minimum absolute atomic E-state index is 0.0869. The number of carbonyl (C=O) groups is 3. The molecule has 0 radical (unpaired) electrons. The molecule has 2 fully saturated rings. The van der Waals surface area contributed by atoms with Gasteiger partial charge in [0.05, 0.1) is 6.54 Å². The van der Waals surface area contributed by atoms with Crippen LogP contribution in [0.5, 0.6) is 0 Å². The molecule has 28 heavy (non-hydrogen) atoms. The summed E-state index contributed by atoms with van der Waals surface area (Å²) >= 11 is 1.57. The molecule has 1 aliphatic carbocycles. The second kappa shape index (κ2) is 9.07. The number of hydrogen-bond donors (Lipinski definition) is 2. The lowest BCUT2D eigenvalue weighted by Gasteiger charge is -2.41. The third-order valence-corrected chi connectivity index (χ3v) is 7.03. The third kappa shape index (κ3) is 4.57. The van der Waals surface area contributed by atoms with Crippen LogP contribution in [0, 0.1) is 0 Å². The smallest absolute Gasteiger partial charge is 0.246 e. The number of nitrogens with zero attached hydrogens (tertiary/aromatic N) is 1. The molecule has 1 saturated heterocycles. The van der Waals surface area contributed by atoms with Gasteiger partial charge in [-0.3, -0.25) is 14.4 Å². The number of nitrogens with one attached hydrogen (secondary N) is 2. The molecule has 0 unspecified atom stereocenters. The highest BCUT2D eigenvalue weighted by molar-refractivity contribution is 7.09. The van der Waals surface area contributed by atoms with Gasteiger partial charge >= 0.3 is 0 Å². The van der Waals surface area contributed by atoms with E-state index in [1.165, 1.54) is 6.42 Å². The highest BCUT2D eigenvalue weighted by Crippen LogP contribution is 2.28. The number of thiophene rings is 1. The second-order valence-electron chi connectivity index (χ2n) is 8.10. The molecule has 3 rings (SSSR count). The van der Waals surface area contributed by atoms with Gasteiger partial charge in [-0.05, 0) is 44.1 Å². The van der Waals surface area contributed by atoms with E-state index in [1.807, 2.05) is 31.4 Å². The normalized spacial score (nSPS) is 22.4. The molecule has 1 saturated carbocycles. The van der Waals surface area contributed by atoms with Crippen molar-refractivity contribution in [2.24, 2.45) is 0 Å². The molecule has 2 N–H and O–H groups in total. The molecule has 1 aromatic heterocycles. The summed E-state index contributed by atoms with van der Waals surface area (Å²) in [6.45, 7) is 4.18. The molecule has 7 heteroatoms. The molecule has 2 aliphatic rings. The predicted molar refractivity (Wildman–Crippen MR) is 110 cm³/mol. The Hall–Kier alpha value is -1.89. The summed E-state index contributed by atoms with van der Waals surface area (Å²) in [7, 11) is 0. The van der Waals surface area contributed by atoms with Crippen LogP contribution >= 0.6 is 11.3 Å². The first-order valence-electron chi connectivity index (χ1n) is 10.4. The lowest BCUT2D eigenvalue weighted by Crippen LogP contribution is -2.62. The van der Waals surface area contributed by atoms with Crippen LogP contribution in [0.2, 0.25) is 0 Å². The van der Waals surface area contributed by atoms with Crippen molar-refractivity contribution >= 4 is 29.1 Å². The highest BCUT2D eigenvalue weighted by Gasteiger charge is 2.44. The Kier molecular flexibility index (Phi) is 6.75. The molecular weight excluding hydrogens is 374 g/mol. The van der Waals surface area contributed by atoms with Crippen LogP contribution in [0.25, 0.3) is 0 Å². The fraction of sp³-hybridized carbons (Fsp3) is 0.667. The maximum absolute atomic E-state index is 13.4. The van der Waals surface area contributed by atoms with Gasteiger partial charge in [0.25, 0.3) is 0 Å². The molecule has 2 atom stereocenters. The van der Waals surface area contributed by atoms with E-state index in [4.69, 9.17) is 0 Å². The number of amides is 3. The molecule has 3 amide bonds. The van der Waals surface area contributed by atoms with Crippen LogP contribution in [-0.2, 0) is 20.9 Å². The minimum atomic E-state index is -0.953. The molecule has 1 aliphatic heterocycles. The summed E-state index contributed by atoms with van der Waals surface area (Å²) in [5, 5.41) is 7.95. The van der Waals surface area contributed by atoms with Gasteiger partial charge in [-0.1, -0.05) is 32.3 Å². The maximum Gasteiger partial charge on any atom is 0.246 e. The van der Waals surface area contributed by atoms with Crippen LogP contribution in [0.15, 0.2) is 17.5 Å². The van der Waals surface area contributed by atoms with Crippen molar-refractivity contribution in [1.82, 2.24) is 15.5 Å². The highest BCUT2D eigenvalue weighted by atomic mass is 32.1. The zero-order valence-electron chi connectivity index (χ0n) is 16.8. The van der Waals surface area contributed by atoms with Crippen LogP contribution in [0.4, 0.5) is 0 Å².